The predicted molar refractivity (Wildman–Crippen MR) is 174 cm³/mol. The Bertz CT molecular complexity index is 1600. The van der Waals surface area contributed by atoms with Crippen LogP contribution in [0.5, 0.6) is 11.5 Å². The van der Waals surface area contributed by atoms with Crippen LogP contribution in [0.1, 0.15) is 40.7 Å². The Morgan fingerprint density at radius 1 is 0.844 bits per heavy atom. The molecule has 0 heterocycles. The number of carbonyl (C=O) groups excluding carboxylic acids is 3. The van der Waals surface area contributed by atoms with Gasteiger partial charge in [0.15, 0.2) is 5.78 Å². The van der Waals surface area contributed by atoms with Gasteiger partial charge in [-0.1, -0.05) is 73.2 Å². The van der Waals surface area contributed by atoms with Crippen molar-refractivity contribution in [3.8, 4) is 11.5 Å². The lowest BCUT2D eigenvalue weighted by Gasteiger charge is -2.32. The molecule has 0 spiro atoms. The van der Waals surface area contributed by atoms with Crippen LogP contribution in [-0.4, -0.2) is 51.1 Å². The van der Waals surface area contributed by atoms with Crippen molar-refractivity contribution in [2.24, 2.45) is 5.92 Å². The van der Waals surface area contributed by atoms with Gasteiger partial charge in [0.05, 0.1) is 26.5 Å². The third-order valence-electron chi connectivity index (χ3n) is 8.07. The number of nitrogens with zero attached hydrogens (tertiary/aromatic N) is 1. The fourth-order valence-corrected chi connectivity index (χ4v) is 5.37. The first kappa shape index (κ1) is 31.3. The number of carbonyl (C=O) groups is 3. The molecular formula is C37H38N2O6. The van der Waals surface area contributed by atoms with E-state index < -0.39 is 12.0 Å². The Morgan fingerprint density at radius 2 is 1.53 bits per heavy atom. The quantitative estimate of drug-likeness (QED) is 0.132. The standard InChI is InChI=1S/C37H38N2O6/c1-43-34-18-9-8-17-33(34)39(36(41)28-13-10-14-28)23-24-45-29-21-19-26(20-22-29)25-32(37(42)44-2)38-31-16-7-6-15-30(31)35(40)27-11-4-3-5-12-27/h3-9,11-12,15-22,28,32,38H,10,13-14,23-25H2,1-2H3. The highest BCUT2D eigenvalue weighted by atomic mass is 16.5. The number of rotatable bonds is 14. The maximum atomic E-state index is 13.3. The number of benzene rings is 4. The maximum absolute atomic E-state index is 13.3. The van der Waals surface area contributed by atoms with Crippen LogP contribution in [0.15, 0.2) is 103 Å². The number of anilines is 2. The summed E-state index contributed by atoms with van der Waals surface area (Å²) >= 11 is 0. The van der Waals surface area contributed by atoms with E-state index in [0.717, 1.165) is 30.5 Å². The Labute approximate surface area is 263 Å². The molecule has 232 valence electrons. The largest absolute Gasteiger partial charge is 0.495 e. The van der Waals surface area contributed by atoms with Crippen LogP contribution in [0.2, 0.25) is 0 Å². The van der Waals surface area contributed by atoms with E-state index in [-0.39, 0.29) is 17.6 Å². The topological polar surface area (TPSA) is 94.2 Å². The summed E-state index contributed by atoms with van der Waals surface area (Å²) in [5, 5.41) is 3.24. The Hall–Kier alpha value is -5.11. The lowest BCUT2D eigenvalue weighted by molar-refractivity contribution is -0.141. The van der Waals surface area contributed by atoms with Gasteiger partial charge in [-0.2, -0.15) is 0 Å². The van der Waals surface area contributed by atoms with Crippen molar-refractivity contribution in [1.82, 2.24) is 0 Å². The van der Waals surface area contributed by atoms with Gasteiger partial charge in [0, 0.05) is 29.2 Å². The van der Waals surface area contributed by atoms with Crippen molar-refractivity contribution in [2.45, 2.75) is 31.7 Å². The van der Waals surface area contributed by atoms with Crippen molar-refractivity contribution >= 4 is 29.0 Å². The fraction of sp³-hybridized carbons (Fsp3) is 0.270. The summed E-state index contributed by atoms with van der Waals surface area (Å²) in [6, 6.07) is 30.5. The zero-order chi connectivity index (χ0) is 31.6. The number of esters is 1. The third kappa shape index (κ3) is 7.70. The summed E-state index contributed by atoms with van der Waals surface area (Å²) in [5.41, 5.74) is 3.21. The van der Waals surface area contributed by atoms with Gasteiger partial charge in [-0.3, -0.25) is 9.59 Å². The SMILES string of the molecule is COC(=O)C(Cc1ccc(OCCN(C(=O)C2CCC2)c2ccccc2OC)cc1)Nc1ccccc1C(=O)c1ccccc1. The molecule has 0 bridgehead atoms. The lowest BCUT2D eigenvalue weighted by Crippen LogP contribution is -2.41. The molecule has 0 aliphatic heterocycles. The Kier molecular flexibility index (Phi) is 10.5. The van der Waals surface area contributed by atoms with E-state index in [1.165, 1.54) is 7.11 Å². The number of methoxy groups -OCH3 is 2. The minimum Gasteiger partial charge on any atom is -0.495 e. The molecule has 4 aromatic rings. The van der Waals surface area contributed by atoms with Crippen molar-refractivity contribution in [3.05, 3.63) is 120 Å². The molecule has 45 heavy (non-hydrogen) atoms. The minimum atomic E-state index is -0.724. The van der Waals surface area contributed by atoms with Crippen molar-refractivity contribution in [3.63, 3.8) is 0 Å². The van der Waals surface area contributed by atoms with E-state index in [4.69, 9.17) is 14.2 Å². The van der Waals surface area contributed by atoms with Crippen molar-refractivity contribution in [1.29, 1.82) is 0 Å². The number of ketones is 1. The molecule has 8 nitrogen and oxygen atoms in total. The van der Waals surface area contributed by atoms with Crippen LogP contribution in [0.3, 0.4) is 0 Å². The van der Waals surface area contributed by atoms with Crippen LogP contribution in [0, 0.1) is 5.92 Å². The van der Waals surface area contributed by atoms with E-state index in [2.05, 4.69) is 5.32 Å². The van der Waals surface area contributed by atoms with Gasteiger partial charge in [-0.05, 0) is 54.8 Å². The van der Waals surface area contributed by atoms with Crippen molar-refractivity contribution < 1.29 is 28.6 Å². The highest BCUT2D eigenvalue weighted by molar-refractivity contribution is 6.12. The highest BCUT2D eigenvalue weighted by Gasteiger charge is 2.31. The summed E-state index contributed by atoms with van der Waals surface area (Å²) in [7, 11) is 2.95. The molecule has 0 radical (unpaired) electrons. The number of ether oxygens (including phenoxy) is 3. The van der Waals surface area contributed by atoms with E-state index in [9.17, 15) is 14.4 Å². The van der Waals surface area contributed by atoms with Gasteiger partial charge in [0.25, 0.3) is 0 Å². The van der Waals surface area contributed by atoms with Crippen LogP contribution in [0.4, 0.5) is 11.4 Å². The summed E-state index contributed by atoms with van der Waals surface area (Å²) in [4.78, 5) is 41.1. The second-order valence-electron chi connectivity index (χ2n) is 10.9. The molecule has 1 aliphatic carbocycles. The zero-order valence-electron chi connectivity index (χ0n) is 25.6. The van der Waals surface area contributed by atoms with Gasteiger partial charge in [-0.25, -0.2) is 4.79 Å². The summed E-state index contributed by atoms with van der Waals surface area (Å²) in [6.07, 6.45) is 3.22. The van der Waals surface area contributed by atoms with E-state index in [1.54, 1.807) is 42.3 Å². The van der Waals surface area contributed by atoms with E-state index in [1.807, 2.05) is 72.8 Å². The third-order valence-corrected chi connectivity index (χ3v) is 8.07. The maximum Gasteiger partial charge on any atom is 0.328 e. The van der Waals surface area contributed by atoms with Gasteiger partial charge >= 0.3 is 5.97 Å². The second kappa shape index (κ2) is 15.1. The molecule has 1 unspecified atom stereocenters. The number of hydrogen-bond acceptors (Lipinski definition) is 7. The first-order valence-corrected chi connectivity index (χ1v) is 15.2. The predicted octanol–water partition coefficient (Wildman–Crippen LogP) is 6.33. The van der Waals surface area contributed by atoms with Gasteiger partial charge < -0.3 is 24.4 Å². The van der Waals surface area contributed by atoms with Crippen LogP contribution in [0.25, 0.3) is 0 Å². The molecule has 5 rings (SSSR count). The fourth-order valence-electron chi connectivity index (χ4n) is 5.37. The monoisotopic (exact) mass is 606 g/mol. The van der Waals surface area contributed by atoms with Crippen LogP contribution < -0.4 is 19.7 Å². The van der Waals surface area contributed by atoms with Crippen LogP contribution in [-0.2, 0) is 20.7 Å². The molecule has 0 aromatic heterocycles. The molecule has 0 saturated heterocycles. The molecule has 1 N–H and O–H groups in total. The molecule has 8 heteroatoms. The lowest BCUT2D eigenvalue weighted by atomic mass is 9.84. The number of nitrogens with one attached hydrogen (secondary N) is 1. The molecule has 1 amide bonds. The van der Waals surface area contributed by atoms with E-state index >= 15 is 0 Å². The molecule has 1 aliphatic rings. The van der Waals surface area contributed by atoms with Crippen LogP contribution >= 0.6 is 0 Å². The summed E-state index contributed by atoms with van der Waals surface area (Å²) < 4.78 is 16.7. The first-order chi connectivity index (χ1) is 22.0. The summed E-state index contributed by atoms with van der Waals surface area (Å²) in [5.74, 6) is 0.853. The van der Waals surface area contributed by atoms with Gasteiger partial charge in [0.2, 0.25) is 5.91 Å². The number of hydrogen-bond donors (Lipinski definition) is 1. The second-order valence-corrected chi connectivity index (χ2v) is 10.9. The Morgan fingerprint density at radius 3 is 2.22 bits per heavy atom. The van der Waals surface area contributed by atoms with Gasteiger partial charge in [0.1, 0.15) is 24.1 Å². The molecule has 4 aromatic carbocycles. The van der Waals surface area contributed by atoms with E-state index in [0.29, 0.717) is 47.9 Å². The molecule has 1 saturated carbocycles. The number of amides is 1. The molecular weight excluding hydrogens is 568 g/mol. The minimum absolute atomic E-state index is 0.0361. The summed E-state index contributed by atoms with van der Waals surface area (Å²) in [6.45, 7) is 0.682. The first-order valence-electron chi connectivity index (χ1n) is 15.2. The average Bonchev–Trinajstić information content (AvgIpc) is 3.06. The number of para-hydroxylation sites is 3. The Balaban J connectivity index is 1.24. The smallest absolute Gasteiger partial charge is 0.328 e. The zero-order valence-corrected chi connectivity index (χ0v) is 25.6. The van der Waals surface area contributed by atoms with Crippen molar-refractivity contribution in [2.75, 3.05) is 37.6 Å². The average molecular weight is 607 g/mol. The molecule has 1 fully saturated rings. The molecule has 1 atom stereocenters. The highest BCUT2D eigenvalue weighted by Crippen LogP contribution is 2.34. The van der Waals surface area contributed by atoms with Gasteiger partial charge in [-0.15, -0.1) is 0 Å². The normalized spacial score (nSPS) is 13.2.